The predicted molar refractivity (Wildman–Crippen MR) is 93.0 cm³/mol. The largest absolute Gasteiger partial charge is 0.312 e. The SMILES string of the molecule is CNC(Cc1cncc(Br)c1)c1cc2c(s1)CCCCC2. The topological polar surface area (TPSA) is 24.9 Å². The molecule has 2 aromatic heterocycles. The second kappa shape index (κ2) is 7.03. The van der Waals surface area contributed by atoms with E-state index in [4.69, 9.17) is 0 Å². The van der Waals surface area contributed by atoms with Gasteiger partial charge in [-0.25, -0.2) is 0 Å². The van der Waals surface area contributed by atoms with Gasteiger partial charge < -0.3 is 5.32 Å². The van der Waals surface area contributed by atoms with E-state index < -0.39 is 0 Å². The van der Waals surface area contributed by atoms with E-state index in [1.165, 1.54) is 42.5 Å². The number of hydrogen-bond donors (Lipinski definition) is 1. The lowest BCUT2D eigenvalue weighted by atomic mass is 10.0. The summed E-state index contributed by atoms with van der Waals surface area (Å²) in [6.07, 6.45) is 11.4. The maximum atomic E-state index is 4.27. The Balaban J connectivity index is 1.80. The van der Waals surface area contributed by atoms with Gasteiger partial charge >= 0.3 is 0 Å². The molecule has 21 heavy (non-hydrogen) atoms. The summed E-state index contributed by atoms with van der Waals surface area (Å²) in [6, 6.07) is 4.99. The van der Waals surface area contributed by atoms with Crippen molar-refractivity contribution in [3.63, 3.8) is 0 Å². The van der Waals surface area contributed by atoms with Crippen LogP contribution in [0.3, 0.4) is 0 Å². The average Bonchev–Trinajstić information content (AvgIpc) is 2.75. The molecule has 0 aliphatic heterocycles. The minimum atomic E-state index is 0.387. The molecule has 0 radical (unpaired) electrons. The molecule has 0 saturated carbocycles. The molecule has 0 amide bonds. The van der Waals surface area contributed by atoms with Gasteiger partial charge in [0.1, 0.15) is 0 Å². The lowest BCUT2D eigenvalue weighted by Crippen LogP contribution is -2.17. The molecule has 3 rings (SSSR count). The van der Waals surface area contributed by atoms with Crippen LogP contribution in [0, 0.1) is 0 Å². The molecule has 2 aromatic rings. The van der Waals surface area contributed by atoms with E-state index in [0.717, 1.165) is 10.9 Å². The second-order valence-electron chi connectivity index (χ2n) is 5.71. The lowest BCUT2D eigenvalue weighted by Gasteiger charge is -2.14. The van der Waals surface area contributed by atoms with Crippen LogP contribution in [0.5, 0.6) is 0 Å². The summed E-state index contributed by atoms with van der Waals surface area (Å²) < 4.78 is 1.05. The number of nitrogens with zero attached hydrogens (tertiary/aromatic N) is 1. The van der Waals surface area contributed by atoms with Crippen molar-refractivity contribution in [3.05, 3.63) is 49.9 Å². The summed E-state index contributed by atoms with van der Waals surface area (Å²) in [5, 5.41) is 3.48. The third-order valence-electron chi connectivity index (χ3n) is 4.16. The van der Waals surface area contributed by atoms with Crippen LogP contribution in [0.2, 0.25) is 0 Å². The number of aryl methyl sites for hydroxylation is 2. The number of likely N-dealkylation sites (N-methyl/N-ethyl adjacent to an activating group) is 1. The van der Waals surface area contributed by atoms with Gasteiger partial charge in [-0.15, -0.1) is 11.3 Å². The highest BCUT2D eigenvalue weighted by Crippen LogP contribution is 2.33. The van der Waals surface area contributed by atoms with Gasteiger partial charge in [-0.05, 0) is 78.3 Å². The summed E-state index contributed by atoms with van der Waals surface area (Å²) in [7, 11) is 2.06. The first-order valence-electron chi connectivity index (χ1n) is 7.64. The fourth-order valence-electron chi connectivity index (χ4n) is 3.01. The highest BCUT2D eigenvalue weighted by atomic mass is 79.9. The highest BCUT2D eigenvalue weighted by Gasteiger charge is 2.18. The maximum absolute atomic E-state index is 4.27. The third-order valence-corrected chi connectivity index (χ3v) is 5.94. The number of rotatable bonds is 4. The first-order chi connectivity index (χ1) is 10.3. The molecule has 0 saturated heterocycles. The number of hydrogen-bond acceptors (Lipinski definition) is 3. The van der Waals surface area contributed by atoms with Gasteiger partial charge in [0.15, 0.2) is 0 Å². The van der Waals surface area contributed by atoms with Crippen molar-refractivity contribution in [3.8, 4) is 0 Å². The molecule has 1 aliphatic carbocycles. The van der Waals surface area contributed by atoms with E-state index in [1.807, 2.05) is 23.7 Å². The van der Waals surface area contributed by atoms with Crippen molar-refractivity contribution in [2.45, 2.75) is 44.6 Å². The van der Waals surface area contributed by atoms with Gasteiger partial charge in [-0.2, -0.15) is 0 Å². The van der Waals surface area contributed by atoms with Gasteiger partial charge in [0.25, 0.3) is 0 Å². The van der Waals surface area contributed by atoms with E-state index in [2.05, 4.69) is 45.4 Å². The Hall–Kier alpha value is -0.710. The minimum absolute atomic E-state index is 0.387. The van der Waals surface area contributed by atoms with Crippen LogP contribution >= 0.6 is 27.3 Å². The Kier molecular flexibility index (Phi) is 5.09. The van der Waals surface area contributed by atoms with Crippen LogP contribution in [-0.2, 0) is 19.3 Å². The zero-order chi connectivity index (χ0) is 14.7. The first kappa shape index (κ1) is 15.2. The van der Waals surface area contributed by atoms with Crippen LogP contribution in [0.4, 0.5) is 0 Å². The fraction of sp³-hybridized carbons (Fsp3) is 0.471. The Morgan fingerprint density at radius 3 is 2.90 bits per heavy atom. The van der Waals surface area contributed by atoms with Crippen molar-refractivity contribution < 1.29 is 0 Å². The summed E-state index contributed by atoms with van der Waals surface area (Å²) in [4.78, 5) is 7.37. The van der Waals surface area contributed by atoms with Crippen molar-refractivity contribution in [2.24, 2.45) is 0 Å². The van der Waals surface area contributed by atoms with Gasteiger partial charge in [0.05, 0.1) is 0 Å². The molecule has 0 bridgehead atoms. The van der Waals surface area contributed by atoms with Crippen LogP contribution in [0.25, 0.3) is 0 Å². The molecule has 0 spiro atoms. The number of aromatic nitrogens is 1. The minimum Gasteiger partial charge on any atom is -0.312 e. The number of fused-ring (bicyclic) bond motifs is 1. The van der Waals surface area contributed by atoms with Gasteiger partial charge in [0.2, 0.25) is 0 Å². The van der Waals surface area contributed by atoms with Crippen molar-refractivity contribution >= 4 is 27.3 Å². The maximum Gasteiger partial charge on any atom is 0.0454 e. The average molecular weight is 365 g/mol. The molecule has 1 N–H and O–H groups in total. The zero-order valence-electron chi connectivity index (χ0n) is 12.4. The molecule has 2 nitrogen and oxygen atoms in total. The Morgan fingerprint density at radius 2 is 2.10 bits per heavy atom. The van der Waals surface area contributed by atoms with Crippen LogP contribution < -0.4 is 5.32 Å². The molecule has 0 fully saturated rings. The standard InChI is InChI=1S/C17H21BrN2S/c1-19-15(8-12-7-14(18)11-20-10-12)17-9-13-5-3-2-4-6-16(13)21-17/h7,9-11,15,19H,2-6,8H2,1H3. The van der Waals surface area contributed by atoms with Gasteiger partial charge in [0, 0.05) is 32.7 Å². The number of halogens is 1. The fourth-order valence-corrected chi connectivity index (χ4v) is 4.79. The normalized spacial score (nSPS) is 16.3. The number of pyridine rings is 1. The summed E-state index contributed by atoms with van der Waals surface area (Å²) >= 11 is 5.52. The van der Waals surface area contributed by atoms with Gasteiger partial charge in [-0.3, -0.25) is 4.98 Å². The number of thiophene rings is 1. The monoisotopic (exact) mass is 364 g/mol. The molecule has 1 aliphatic rings. The smallest absolute Gasteiger partial charge is 0.0454 e. The Morgan fingerprint density at radius 1 is 1.24 bits per heavy atom. The van der Waals surface area contributed by atoms with Gasteiger partial charge in [-0.1, -0.05) is 6.42 Å². The molecule has 1 unspecified atom stereocenters. The van der Waals surface area contributed by atoms with E-state index >= 15 is 0 Å². The third kappa shape index (κ3) is 3.74. The van der Waals surface area contributed by atoms with E-state index in [0.29, 0.717) is 6.04 Å². The molecule has 1 atom stereocenters. The Bertz CT molecular complexity index is 585. The zero-order valence-corrected chi connectivity index (χ0v) is 14.8. The summed E-state index contributed by atoms with van der Waals surface area (Å²) in [5.41, 5.74) is 2.87. The summed E-state index contributed by atoms with van der Waals surface area (Å²) in [5.74, 6) is 0. The molecular weight excluding hydrogens is 344 g/mol. The Labute approximate surface area is 139 Å². The van der Waals surface area contributed by atoms with E-state index in [9.17, 15) is 0 Å². The van der Waals surface area contributed by atoms with Crippen molar-refractivity contribution in [2.75, 3.05) is 7.05 Å². The molecular formula is C17H21BrN2S. The molecule has 4 heteroatoms. The van der Waals surface area contributed by atoms with Crippen LogP contribution in [-0.4, -0.2) is 12.0 Å². The molecule has 0 aromatic carbocycles. The quantitative estimate of drug-likeness (QED) is 0.796. The van der Waals surface area contributed by atoms with E-state index in [-0.39, 0.29) is 0 Å². The second-order valence-corrected chi connectivity index (χ2v) is 7.80. The van der Waals surface area contributed by atoms with Crippen molar-refractivity contribution in [1.82, 2.24) is 10.3 Å². The van der Waals surface area contributed by atoms with Crippen LogP contribution in [0.15, 0.2) is 29.0 Å². The predicted octanol–water partition coefficient (Wildman–Crippen LogP) is 4.68. The first-order valence-corrected chi connectivity index (χ1v) is 9.25. The van der Waals surface area contributed by atoms with Crippen molar-refractivity contribution in [1.29, 1.82) is 0 Å². The molecule has 112 valence electrons. The molecule has 2 heterocycles. The van der Waals surface area contributed by atoms with E-state index in [1.54, 1.807) is 10.4 Å². The lowest BCUT2D eigenvalue weighted by molar-refractivity contribution is 0.600. The highest BCUT2D eigenvalue weighted by molar-refractivity contribution is 9.10. The number of nitrogens with one attached hydrogen (secondary N) is 1. The van der Waals surface area contributed by atoms with Crippen LogP contribution in [0.1, 0.15) is 46.2 Å². The summed E-state index contributed by atoms with van der Waals surface area (Å²) in [6.45, 7) is 0.